The molecular formula is C15H18N4O. The van der Waals surface area contributed by atoms with Crippen molar-refractivity contribution < 1.29 is 4.74 Å². The Bertz CT molecular complexity index is 542. The second-order valence-electron chi connectivity index (χ2n) is 4.57. The Kier molecular flexibility index (Phi) is 5.15. The van der Waals surface area contributed by atoms with Crippen LogP contribution in [0.15, 0.2) is 42.7 Å². The molecule has 0 aliphatic heterocycles. The molecule has 0 spiro atoms. The van der Waals surface area contributed by atoms with Gasteiger partial charge in [0.2, 0.25) is 0 Å². The Labute approximate surface area is 118 Å². The minimum absolute atomic E-state index is 0.333. The first-order valence-electron chi connectivity index (χ1n) is 6.61. The van der Waals surface area contributed by atoms with Gasteiger partial charge in [0.1, 0.15) is 12.4 Å². The molecule has 2 rings (SSSR count). The molecule has 104 valence electrons. The lowest BCUT2D eigenvalue weighted by Gasteiger charge is -2.14. The molecule has 0 saturated heterocycles. The molecule has 0 aliphatic carbocycles. The van der Waals surface area contributed by atoms with E-state index in [0.29, 0.717) is 18.2 Å². The molecule has 0 amide bonds. The first kappa shape index (κ1) is 14.1. The van der Waals surface area contributed by atoms with Crippen LogP contribution in [-0.2, 0) is 6.54 Å². The van der Waals surface area contributed by atoms with E-state index >= 15 is 0 Å². The summed E-state index contributed by atoms with van der Waals surface area (Å²) in [6.45, 7) is 4.31. The molecule has 5 nitrogen and oxygen atoms in total. The Morgan fingerprint density at radius 2 is 2.20 bits per heavy atom. The zero-order valence-electron chi connectivity index (χ0n) is 11.5. The van der Waals surface area contributed by atoms with Crippen molar-refractivity contribution in [2.24, 2.45) is 0 Å². The number of nitrogens with one attached hydrogen (secondary N) is 1. The fourth-order valence-electron chi connectivity index (χ4n) is 1.85. The lowest BCUT2D eigenvalue weighted by Crippen LogP contribution is -2.33. The van der Waals surface area contributed by atoms with Gasteiger partial charge in [0.05, 0.1) is 18.2 Å². The summed E-state index contributed by atoms with van der Waals surface area (Å²) in [5.74, 6) is 0.783. The Hall–Kier alpha value is -2.32. The summed E-state index contributed by atoms with van der Waals surface area (Å²) in [7, 11) is 0. The standard InChI is InChI=1S/C15H18N4O/c1-13(12-19-9-2-7-18-19)17-8-10-20-15-5-3-14(11-16)4-6-15/h2-7,9,13,17H,8,10,12H2,1H3/t13-/m0/s1. The third kappa shape index (κ3) is 4.41. The van der Waals surface area contributed by atoms with Crippen molar-refractivity contribution in [1.82, 2.24) is 15.1 Å². The first-order chi connectivity index (χ1) is 9.78. The number of rotatable bonds is 7. The molecule has 1 aromatic heterocycles. The van der Waals surface area contributed by atoms with Gasteiger partial charge in [-0.1, -0.05) is 0 Å². The van der Waals surface area contributed by atoms with Crippen LogP contribution in [0.4, 0.5) is 0 Å². The van der Waals surface area contributed by atoms with Crippen LogP contribution in [0, 0.1) is 11.3 Å². The van der Waals surface area contributed by atoms with Crippen LogP contribution in [0.2, 0.25) is 0 Å². The van der Waals surface area contributed by atoms with Crippen LogP contribution in [0.25, 0.3) is 0 Å². The minimum atomic E-state index is 0.333. The van der Waals surface area contributed by atoms with Gasteiger partial charge in [-0.3, -0.25) is 4.68 Å². The zero-order valence-corrected chi connectivity index (χ0v) is 11.5. The van der Waals surface area contributed by atoms with Crippen LogP contribution >= 0.6 is 0 Å². The van der Waals surface area contributed by atoms with Gasteiger partial charge in [-0.25, -0.2) is 0 Å². The maximum Gasteiger partial charge on any atom is 0.119 e. The van der Waals surface area contributed by atoms with Crippen molar-refractivity contribution in [3.63, 3.8) is 0 Å². The number of nitriles is 1. The molecule has 0 radical (unpaired) electrons. The summed E-state index contributed by atoms with van der Waals surface area (Å²) in [5, 5.41) is 16.2. The van der Waals surface area contributed by atoms with Gasteiger partial charge in [-0.15, -0.1) is 0 Å². The molecular weight excluding hydrogens is 252 g/mol. The Morgan fingerprint density at radius 3 is 2.85 bits per heavy atom. The van der Waals surface area contributed by atoms with E-state index in [1.165, 1.54) is 0 Å². The van der Waals surface area contributed by atoms with Crippen LogP contribution in [0.3, 0.4) is 0 Å². The molecule has 2 aromatic rings. The quantitative estimate of drug-likeness (QED) is 0.779. The molecule has 0 fully saturated rings. The van der Waals surface area contributed by atoms with Crippen LogP contribution in [-0.4, -0.2) is 29.0 Å². The fraction of sp³-hybridized carbons (Fsp3) is 0.333. The number of nitrogens with zero attached hydrogens (tertiary/aromatic N) is 3. The molecule has 0 unspecified atom stereocenters. The predicted molar refractivity (Wildman–Crippen MR) is 76.3 cm³/mol. The lowest BCUT2D eigenvalue weighted by atomic mass is 10.2. The third-order valence-corrected chi connectivity index (χ3v) is 2.87. The van der Waals surface area contributed by atoms with Crippen molar-refractivity contribution >= 4 is 0 Å². The highest BCUT2D eigenvalue weighted by Gasteiger charge is 2.02. The van der Waals surface area contributed by atoms with Crippen molar-refractivity contribution in [3.8, 4) is 11.8 Å². The molecule has 0 bridgehead atoms. The summed E-state index contributed by atoms with van der Waals surface area (Å²) in [4.78, 5) is 0. The van der Waals surface area contributed by atoms with Crippen LogP contribution in [0.5, 0.6) is 5.75 Å². The monoisotopic (exact) mass is 270 g/mol. The zero-order chi connectivity index (χ0) is 14.2. The smallest absolute Gasteiger partial charge is 0.119 e. The molecule has 1 N–H and O–H groups in total. The van der Waals surface area contributed by atoms with Crippen molar-refractivity contribution in [2.45, 2.75) is 19.5 Å². The maximum atomic E-state index is 8.70. The first-order valence-corrected chi connectivity index (χ1v) is 6.61. The molecule has 5 heteroatoms. The SMILES string of the molecule is C[C@@H](Cn1cccn1)NCCOc1ccc(C#N)cc1. The van der Waals surface area contributed by atoms with Gasteiger partial charge in [0.25, 0.3) is 0 Å². The lowest BCUT2D eigenvalue weighted by molar-refractivity contribution is 0.301. The number of benzene rings is 1. The van der Waals surface area contributed by atoms with Gasteiger partial charge >= 0.3 is 0 Å². The average molecular weight is 270 g/mol. The predicted octanol–water partition coefficient (Wildman–Crippen LogP) is 1.81. The largest absolute Gasteiger partial charge is 0.492 e. The van der Waals surface area contributed by atoms with E-state index in [9.17, 15) is 0 Å². The highest BCUT2D eigenvalue weighted by molar-refractivity contribution is 5.34. The van der Waals surface area contributed by atoms with E-state index in [1.54, 1.807) is 18.3 Å². The average Bonchev–Trinajstić information content (AvgIpc) is 2.97. The Morgan fingerprint density at radius 1 is 1.40 bits per heavy atom. The minimum Gasteiger partial charge on any atom is -0.492 e. The fourth-order valence-corrected chi connectivity index (χ4v) is 1.85. The summed E-state index contributed by atoms with van der Waals surface area (Å²) < 4.78 is 7.50. The molecule has 1 aromatic carbocycles. The van der Waals surface area contributed by atoms with Gasteiger partial charge in [-0.05, 0) is 37.3 Å². The number of hydrogen-bond donors (Lipinski definition) is 1. The van der Waals surface area contributed by atoms with E-state index < -0.39 is 0 Å². The summed E-state index contributed by atoms with van der Waals surface area (Å²) in [5.41, 5.74) is 0.642. The molecule has 20 heavy (non-hydrogen) atoms. The summed E-state index contributed by atoms with van der Waals surface area (Å²) >= 11 is 0. The van der Waals surface area contributed by atoms with Crippen molar-refractivity contribution in [3.05, 3.63) is 48.3 Å². The maximum absolute atomic E-state index is 8.70. The summed E-state index contributed by atoms with van der Waals surface area (Å²) in [6, 6.07) is 11.5. The van der Waals surface area contributed by atoms with Gasteiger partial charge in [0, 0.05) is 25.0 Å². The van der Waals surface area contributed by atoms with E-state index in [4.69, 9.17) is 10.00 Å². The number of hydrogen-bond acceptors (Lipinski definition) is 4. The van der Waals surface area contributed by atoms with Gasteiger partial charge in [0.15, 0.2) is 0 Å². The molecule has 0 saturated carbocycles. The van der Waals surface area contributed by atoms with Crippen LogP contribution in [0.1, 0.15) is 12.5 Å². The molecule has 1 atom stereocenters. The van der Waals surface area contributed by atoms with E-state index in [2.05, 4.69) is 23.4 Å². The van der Waals surface area contributed by atoms with E-state index in [1.807, 2.05) is 29.1 Å². The van der Waals surface area contributed by atoms with E-state index in [0.717, 1.165) is 18.8 Å². The van der Waals surface area contributed by atoms with Crippen LogP contribution < -0.4 is 10.1 Å². The van der Waals surface area contributed by atoms with Gasteiger partial charge < -0.3 is 10.1 Å². The molecule has 0 aliphatic rings. The van der Waals surface area contributed by atoms with Gasteiger partial charge in [-0.2, -0.15) is 10.4 Å². The highest BCUT2D eigenvalue weighted by Crippen LogP contribution is 2.10. The second-order valence-corrected chi connectivity index (χ2v) is 4.57. The normalized spacial score (nSPS) is 11.8. The van der Waals surface area contributed by atoms with Crippen molar-refractivity contribution in [1.29, 1.82) is 5.26 Å². The third-order valence-electron chi connectivity index (χ3n) is 2.87. The van der Waals surface area contributed by atoms with Crippen molar-refractivity contribution in [2.75, 3.05) is 13.2 Å². The molecule has 1 heterocycles. The number of ether oxygens (including phenoxy) is 1. The summed E-state index contributed by atoms with van der Waals surface area (Å²) in [6.07, 6.45) is 3.73. The highest BCUT2D eigenvalue weighted by atomic mass is 16.5. The topological polar surface area (TPSA) is 62.9 Å². The number of aromatic nitrogens is 2. The second kappa shape index (κ2) is 7.31. The van der Waals surface area contributed by atoms with E-state index in [-0.39, 0.29) is 0 Å². The Balaban J connectivity index is 1.64.